The van der Waals surface area contributed by atoms with Gasteiger partial charge in [-0.05, 0) is 55.7 Å². The smallest absolute Gasteiger partial charge is 0.310 e. The van der Waals surface area contributed by atoms with Crippen molar-refractivity contribution in [2.24, 2.45) is 5.16 Å². The van der Waals surface area contributed by atoms with Crippen molar-refractivity contribution >= 4 is 34.6 Å². The second-order valence-corrected chi connectivity index (χ2v) is 8.61. The van der Waals surface area contributed by atoms with Crippen LogP contribution in [0.4, 0.5) is 0 Å². The van der Waals surface area contributed by atoms with E-state index >= 15 is 0 Å². The normalized spacial score (nSPS) is 11.6. The number of hydrogen-bond acceptors (Lipinski definition) is 5. The van der Waals surface area contributed by atoms with Gasteiger partial charge in [0, 0.05) is 9.90 Å². The fourth-order valence-electron chi connectivity index (χ4n) is 2.87. The minimum absolute atomic E-state index is 0.149. The number of rotatable bonds is 8. The molecule has 6 heteroatoms. The van der Waals surface area contributed by atoms with Crippen LogP contribution in [0.25, 0.3) is 10.4 Å². The molecule has 3 rings (SSSR count). The summed E-state index contributed by atoms with van der Waals surface area (Å²) < 4.78 is 5.34. The number of oxime groups is 1. The van der Waals surface area contributed by atoms with E-state index < -0.39 is 0 Å². The van der Waals surface area contributed by atoms with E-state index in [1.165, 1.54) is 0 Å². The number of carbonyl (C=O) groups excluding carboxylic acids is 1. The molecule has 0 spiro atoms. The van der Waals surface area contributed by atoms with Crippen LogP contribution in [0.5, 0.6) is 0 Å². The highest BCUT2D eigenvalue weighted by Crippen LogP contribution is 2.34. The van der Waals surface area contributed by atoms with Gasteiger partial charge in [0.1, 0.15) is 6.61 Å². The number of halogens is 1. The van der Waals surface area contributed by atoms with Gasteiger partial charge in [-0.25, -0.2) is 0 Å². The van der Waals surface area contributed by atoms with Crippen molar-refractivity contribution in [1.82, 2.24) is 0 Å². The van der Waals surface area contributed by atoms with Crippen molar-refractivity contribution in [3.63, 3.8) is 0 Å². The van der Waals surface area contributed by atoms with E-state index in [-0.39, 0.29) is 18.5 Å². The number of carbonyl (C=O) groups is 1. The fourth-order valence-corrected chi connectivity index (χ4v) is 4.12. The maximum Gasteiger partial charge on any atom is 0.310 e. The summed E-state index contributed by atoms with van der Waals surface area (Å²) in [5.74, 6) is -0.250. The molecule has 0 aliphatic rings. The Morgan fingerprint density at radius 2 is 1.80 bits per heavy atom. The first kappa shape index (κ1) is 22.1. The molecule has 0 radical (unpaired) electrons. The minimum atomic E-state index is -0.250. The van der Waals surface area contributed by atoms with Crippen molar-refractivity contribution in [2.75, 3.05) is 0 Å². The van der Waals surface area contributed by atoms with Gasteiger partial charge in [0.15, 0.2) is 0 Å². The highest BCUT2D eigenvalue weighted by Gasteiger charge is 2.17. The van der Waals surface area contributed by atoms with Gasteiger partial charge in [-0.1, -0.05) is 59.2 Å². The predicted octanol–water partition coefficient (Wildman–Crippen LogP) is 6.50. The molecule has 0 unspecified atom stereocenters. The van der Waals surface area contributed by atoms with Crippen LogP contribution < -0.4 is 0 Å². The first-order valence-electron chi connectivity index (χ1n) is 9.71. The molecule has 2 aromatic carbocycles. The minimum Gasteiger partial charge on any atom is -0.463 e. The maximum absolute atomic E-state index is 12.3. The Bertz CT molecular complexity index is 1010. The average Bonchev–Trinajstić information content (AvgIpc) is 3.12. The van der Waals surface area contributed by atoms with Crippen LogP contribution in [0.15, 0.2) is 65.8 Å². The Morgan fingerprint density at radius 1 is 1.10 bits per heavy atom. The number of esters is 1. The Morgan fingerprint density at radius 3 is 2.47 bits per heavy atom. The highest BCUT2D eigenvalue weighted by molar-refractivity contribution is 7.17. The summed E-state index contributed by atoms with van der Waals surface area (Å²) in [4.78, 5) is 19.7. The van der Waals surface area contributed by atoms with Gasteiger partial charge in [-0.15, -0.1) is 11.3 Å². The number of thiophene rings is 1. The van der Waals surface area contributed by atoms with Crippen molar-refractivity contribution in [3.05, 3.63) is 81.7 Å². The molecule has 0 aliphatic carbocycles. The van der Waals surface area contributed by atoms with Gasteiger partial charge in [0.2, 0.25) is 0 Å². The summed E-state index contributed by atoms with van der Waals surface area (Å²) in [5.41, 5.74) is 3.72. The first-order chi connectivity index (χ1) is 14.4. The van der Waals surface area contributed by atoms with Crippen LogP contribution in [-0.2, 0) is 27.4 Å². The lowest BCUT2D eigenvalue weighted by molar-refractivity contribution is -0.146. The van der Waals surface area contributed by atoms with Crippen LogP contribution in [-0.4, -0.2) is 17.8 Å². The van der Waals surface area contributed by atoms with Crippen molar-refractivity contribution < 1.29 is 14.4 Å². The van der Waals surface area contributed by atoms with Crippen LogP contribution >= 0.6 is 22.9 Å². The average molecular weight is 442 g/mol. The summed E-state index contributed by atoms with van der Waals surface area (Å²) in [6.45, 7) is 6.00. The van der Waals surface area contributed by atoms with Crippen LogP contribution in [0, 0.1) is 0 Å². The number of nitrogens with zero attached hydrogens (tertiary/aromatic N) is 1. The van der Waals surface area contributed by atoms with E-state index in [0.717, 1.165) is 32.2 Å². The van der Waals surface area contributed by atoms with E-state index in [2.05, 4.69) is 5.16 Å². The molecule has 30 heavy (non-hydrogen) atoms. The van der Waals surface area contributed by atoms with Gasteiger partial charge < -0.3 is 9.57 Å². The topological polar surface area (TPSA) is 47.9 Å². The van der Waals surface area contributed by atoms with Crippen LogP contribution in [0.2, 0.25) is 5.02 Å². The molecule has 0 N–H and O–H groups in total. The quantitative estimate of drug-likeness (QED) is 0.227. The summed E-state index contributed by atoms with van der Waals surface area (Å²) in [6, 6.07) is 19.5. The molecule has 0 saturated carbocycles. The van der Waals surface area contributed by atoms with Gasteiger partial charge >= 0.3 is 5.97 Å². The lowest BCUT2D eigenvalue weighted by atomic mass is 10.1. The third-order valence-corrected chi connectivity index (χ3v) is 5.84. The van der Waals surface area contributed by atoms with Crippen molar-refractivity contribution in [3.8, 4) is 10.4 Å². The first-order valence-corrected chi connectivity index (χ1v) is 10.9. The summed E-state index contributed by atoms with van der Waals surface area (Å²) >= 11 is 7.61. The predicted molar refractivity (Wildman–Crippen MR) is 123 cm³/mol. The monoisotopic (exact) mass is 441 g/mol. The second kappa shape index (κ2) is 10.4. The summed E-state index contributed by atoms with van der Waals surface area (Å²) in [5, 5.41) is 4.94. The van der Waals surface area contributed by atoms with Crippen LogP contribution in [0.3, 0.4) is 0 Å². The Hall–Kier alpha value is -2.63. The van der Waals surface area contributed by atoms with Gasteiger partial charge in [-0.2, -0.15) is 0 Å². The third kappa shape index (κ3) is 6.18. The molecular weight excluding hydrogens is 418 g/mol. The van der Waals surface area contributed by atoms with Crippen molar-refractivity contribution in [2.45, 2.75) is 39.9 Å². The largest absolute Gasteiger partial charge is 0.463 e. The van der Waals surface area contributed by atoms with Gasteiger partial charge in [0.25, 0.3) is 0 Å². The second-order valence-electron chi connectivity index (χ2n) is 7.12. The molecule has 0 fully saturated rings. The molecule has 0 saturated heterocycles. The zero-order valence-corrected chi connectivity index (χ0v) is 18.8. The number of ether oxygens (including phenoxy) is 1. The molecule has 0 aliphatic heterocycles. The molecule has 156 valence electrons. The molecule has 3 aromatic rings. The molecule has 1 heterocycles. The van der Waals surface area contributed by atoms with Gasteiger partial charge in [0.05, 0.1) is 23.1 Å². The molecule has 4 nitrogen and oxygen atoms in total. The zero-order valence-electron chi connectivity index (χ0n) is 17.2. The maximum atomic E-state index is 12.3. The number of benzene rings is 2. The Kier molecular flexibility index (Phi) is 7.66. The standard InChI is InChI=1S/C24H24ClNO3S/c1-16(2)29-23(27)14-20-13-22(30-24(20)19-9-11-21(25)12-10-19)17(3)26-28-15-18-7-5-4-6-8-18/h4-13,16H,14-15H2,1-3H3/b26-17+. The molecule has 0 amide bonds. The van der Waals surface area contributed by atoms with Gasteiger partial charge in [-0.3, -0.25) is 4.79 Å². The van der Waals surface area contributed by atoms with E-state index in [0.29, 0.717) is 11.6 Å². The molecule has 1 aromatic heterocycles. The zero-order chi connectivity index (χ0) is 21.5. The summed E-state index contributed by atoms with van der Waals surface area (Å²) in [6.07, 6.45) is 0.0504. The van der Waals surface area contributed by atoms with E-state index in [9.17, 15) is 4.79 Å². The van der Waals surface area contributed by atoms with Crippen molar-refractivity contribution in [1.29, 1.82) is 0 Å². The van der Waals surface area contributed by atoms with E-state index in [4.69, 9.17) is 21.2 Å². The molecule has 0 bridgehead atoms. The SMILES string of the molecule is C/C(=N\OCc1ccccc1)c1cc(CC(=O)OC(C)C)c(-c2ccc(Cl)cc2)s1. The van der Waals surface area contributed by atoms with Crippen LogP contribution in [0.1, 0.15) is 36.8 Å². The fraction of sp³-hybridized carbons (Fsp3) is 0.250. The molecule has 0 atom stereocenters. The summed E-state index contributed by atoms with van der Waals surface area (Å²) in [7, 11) is 0. The molecular formula is C24H24ClNO3S. The Labute approximate surface area is 186 Å². The lowest BCUT2D eigenvalue weighted by Gasteiger charge is -2.08. The lowest BCUT2D eigenvalue weighted by Crippen LogP contribution is -2.13. The third-order valence-electron chi connectivity index (χ3n) is 4.25. The Balaban J connectivity index is 1.83. The number of hydrogen-bond donors (Lipinski definition) is 0. The van der Waals surface area contributed by atoms with E-state index in [1.807, 2.05) is 81.4 Å². The van der Waals surface area contributed by atoms with E-state index in [1.54, 1.807) is 11.3 Å². The highest BCUT2D eigenvalue weighted by atomic mass is 35.5.